The summed E-state index contributed by atoms with van der Waals surface area (Å²) < 4.78 is 52.2. The van der Waals surface area contributed by atoms with E-state index in [0.717, 1.165) is 10.8 Å². The number of pyridine rings is 1. The number of likely N-dealkylation sites (tertiary alicyclic amines) is 1. The Labute approximate surface area is 267 Å². The van der Waals surface area contributed by atoms with Crippen molar-refractivity contribution in [3.05, 3.63) is 89.9 Å². The summed E-state index contributed by atoms with van der Waals surface area (Å²) in [6, 6.07) is 15.7. The predicted octanol–water partition coefficient (Wildman–Crippen LogP) is 5.45. The minimum Gasteiger partial charge on any atom is -0.494 e. The van der Waals surface area contributed by atoms with Crippen LogP contribution in [0.4, 0.5) is 15.9 Å². The van der Waals surface area contributed by atoms with Crippen molar-refractivity contribution < 1.29 is 31.9 Å². The maximum Gasteiger partial charge on any atom is 0.311 e. The Kier molecular flexibility index (Phi) is 9.47. The third kappa shape index (κ3) is 6.21. The molecule has 1 saturated heterocycles. The summed E-state index contributed by atoms with van der Waals surface area (Å²) >= 11 is 0. The van der Waals surface area contributed by atoms with E-state index in [9.17, 15) is 22.4 Å². The molecule has 0 bridgehead atoms. The Hall–Kier alpha value is -4.71. The molecule has 4 aromatic rings. The lowest BCUT2D eigenvalue weighted by atomic mass is 9.93. The van der Waals surface area contributed by atoms with Crippen LogP contribution in [0, 0.1) is 11.7 Å². The molecule has 0 radical (unpaired) electrons. The van der Waals surface area contributed by atoms with Gasteiger partial charge in [0, 0.05) is 23.8 Å². The molecular formula is C34H37FN4O6S. The number of hydrogen-bond donors (Lipinski definition) is 2. The van der Waals surface area contributed by atoms with Crippen molar-refractivity contribution in [1.82, 2.24) is 9.88 Å². The molecule has 3 aromatic carbocycles. The van der Waals surface area contributed by atoms with E-state index >= 15 is 0 Å². The highest BCUT2D eigenvalue weighted by molar-refractivity contribution is 7.92. The lowest BCUT2D eigenvalue weighted by Crippen LogP contribution is -2.40. The number of nitrogens with one attached hydrogen (secondary N) is 1. The number of halogens is 1. The van der Waals surface area contributed by atoms with Crippen LogP contribution in [0.2, 0.25) is 0 Å². The van der Waals surface area contributed by atoms with E-state index in [1.165, 1.54) is 36.3 Å². The molecule has 242 valence electrons. The van der Waals surface area contributed by atoms with Crippen molar-refractivity contribution in [2.75, 3.05) is 31.3 Å². The summed E-state index contributed by atoms with van der Waals surface area (Å²) in [7, 11) is -2.46. The monoisotopic (exact) mass is 648 g/mol. The molecule has 1 aliphatic heterocycles. The van der Waals surface area contributed by atoms with E-state index in [4.69, 9.17) is 15.2 Å². The molecule has 0 saturated carbocycles. The number of nitrogens with zero attached hydrogens (tertiary/aromatic N) is 2. The van der Waals surface area contributed by atoms with Crippen molar-refractivity contribution in [1.29, 1.82) is 0 Å². The maximum absolute atomic E-state index is 14.8. The van der Waals surface area contributed by atoms with E-state index in [1.54, 1.807) is 63.4 Å². The van der Waals surface area contributed by atoms with Gasteiger partial charge in [-0.3, -0.25) is 9.59 Å². The van der Waals surface area contributed by atoms with Gasteiger partial charge in [0.15, 0.2) is 21.4 Å². The lowest BCUT2D eigenvalue weighted by molar-refractivity contribution is -0.149. The van der Waals surface area contributed by atoms with Crippen molar-refractivity contribution in [2.24, 2.45) is 5.92 Å². The molecule has 12 heteroatoms. The fourth-order valence-electron chi connectivity index (χ4n) is 5.93. The number of ether oxygens (including phenoxy) is 2. The second-order valence-electron chi connectivity index (χ2n) is 11.4. The molecule has 3 atom stereocenters. The van der Waals surface area contributed by atoms with Gasteiger partial charge in [-0.05, 0) is 86.2 Å². The van der Waals surface area contributed by atoms with Crippen LogP contribution >= 0.6 is 0 Å². The van der Waals surface area contributed by atoms with E-state index in [2.05, 4.69) is 10.3 Å². The summed E-state index contributed by atoms with van der Waals surface area (Å²) in [4.78, 5) is 33.8. The van der Waals surface area contributed by atoms with Gasteiger partial charge in [-0.15, -0.1) is 0 Å². The third-order valence-electron chi connectivity index (χ3n) is 8.30. The zero-order valence-corrected chi connectivity index (χ0v) is 26.9. The lowest BCUT2D eigenvalue weighted by Gasteiger charge is -2.33. The summed E-state index contributed by atoms with van der Waals surface area (Å²) in [6.45, 7) is 5.14. The van der Waals surface area contributed by atoms with Gasteiger partial charge in [-0.2, -0.15) is 0 Å². The average Bonchev–Trinajstić information content (AvgIpc) is 3.49. The zero-order chi connectivity index (χ0) is 33.2. The van der Waals surface area contributed by atoms with Crippen molar-refractivity contribution in [3.8, 4) is 5.75 Å². The van der Waals surface area contributed by atoms with Crippen LogP contribution in [0.15, 0.2) is 77.8 Å². The van der Waals surface area contributed by atoms with Crippen molar-refractivity contribution in [2.45, 2.75) is 49.4 Å². The molecule has 1 amide bonds. The Morgan fingerprint density at radius 1 is 1.11 bits per heavy atom. The second-order valence-corrected chi connectivity index (χ2v) is 13.8. The molecule has 10 nitrogen and oxygen atoms in total. The quantitative estimate of drug-likeness (QED) is 0.215. The summed E-state index contributed by atoms with van der Waals surface area (Å²) in [5, 5.41) is 4.08. The molecule has 0 unspecified atom stereocenters. The minimum atomic E-state index is -3.79. The first-order valence-electron chi connectivity index (χ1n) is 15.0. The third-order valence-corrected chi connectivity index (χ3v) is 10.5. The number of fused-ring (bicyclic) bond motifs is 1. The van der Waals surface area contributed by atoms with Crippen LogP contribution in [0.3, 0.4) is 0 Å². The number of benzene rings is 3. The molecule has 0 aliphatic carbocycles. The summed E-state index contributed by atoms with van der Waals surface area (Å²) in [6.07, 6.45) is 1.84. The number of amides is 1. The van der Waals surface area contributed by atoms with Gasteiger partial charge in [0.05, 0.1) is 35.8 Å². The molecule has 46 heavy (non-hydrogen) atoms. The molecule has 0 spiro atoms. The van der Waals surface area contributed by atoms with Crippen LogP contribution in [0.1, 0.15) is 50.4 Å². The Morgan fingerprint density at radius 2 is 1.87 bits per heavy atom. The first-order chi connectivity index (χ1) is 22.0. The van der Waals surface area contributed by atoms with Gasteiger partial charge >= 0.3 is 5.97 Å². The first kappa shape index (κ1) is 32.7. The van der Waals surface area contributed by atoms with Gasteiger partial charge in [0.2, 0.25) is 5.91 Å². The topological polar surface area (TPSA) is 141 Å². The summed E-state index contributed by atoms with van der Waals surface area (Å²) in [5.74, 6) is -2.07. The number of sulfone groups is 1. The van der Waals surface area contributed by atoms with Crippen LogP contribution in [-0.2, 0) is 24.2 Å². The Balaban J connectivity index is 1.64. The molecule has 1 aliphatic rings. The normalized spacial score (nSPS) is 17.2. The number of rotatable bonds is 10. The van der Waals surface area contributed by atoms with E-state index in [0.29, 0.717) is 22.6 Å². The fourth-order valence-corrected chi connectivity index (χ4v) is 7.22. The number of esters is 1. The first-order valence-corrected chi connectivity index (χ1v) is 16.6. The molecule has 1 aromatic heterocycles. The fraction of sp³-hybridized carbons (Fsp3) is 0.324. The zero-order valence-electron chi connectivity index (χ0n) is 26.1. The molecule has 3 N–H and O–H groups in total. The Bertz CT molecular complexity index is 1880. The maximum atomic E-state index is 14.8. The van der Waals surface area contributed by atoms with Gasteiger partial charge in [0.1, 0.15) is 11.9 Å². The van der Waals surface area contributed by atoms with Gasteiger partial charge in [-0.1, -0.05) is 24.3 Å². The van der Waals surface area contributed by atoms with Crippen molar-refractivity contribution in [3.63, 3.8) is 0 Å². The standard InChI is InChI=1S/C34H37FN4O6S/c1-5-45-34(41)26-15-17-39(31(26)25-8-6-7-9-29(25)46(42,43)20(2)3)33(40)30(22-10-13-27(35)28(19-22)44-4)38-23-11-12-24-21(18-23)14-16-37-32(24)36/h6-14,16,18-20,26,30-31,38H,5,15,17H2,1-4H3,(H2,36,37)/t26-,30+,31+/m0/s1. The highest BCUT2D eigenvalue weighted by atomic mass is 32.2. The van der Waals surface area contributed by atoms with Crippen LogP contribution < -0.4 is 15.8 Å². The van der Waals surface area contributed by atoms with Crippen LogP contribution in [0.5, 0.6) is 5.75 Å². The highest BCUT2D eigenvalue weighted by Crippen LogP contribution is 2.43. The number of methoxy groups -OCH3 is 1. The van der Waals surface area contributed by atoms with Crippen molar-refractivity contribution >= 4 is 44.0 Å². The largest absolute Gasteiger partial charge is 0.494 e. The SMILES string of the molecule is CCOC(=O)[C@H]1CCN(C(=O)[C@H](Nc2ccc3c(N)nccc3c2)c2ccc(F)c(OC)c2)[C@@H]1c1ccccc1S(=O)(=O)C(C)C. The smallest absolute Gasteiger partial charge is 0.311 e. The number of nitrogen functional groups attached to an aromatic ring is 1. The minimum absolute atomic E-state index is 0.0507. The average molecular weight is 649 g/mol. The number of anilines is 2. The highest BCUT2D eigenvalue weighted by Gasteiger charge is 2.46. The molecular weight excluding hydrogens is 611 g/mol. The van der Waals surface area contributed by atoms with Crippen LogP contribution in [-0.4, -0.2) is 55.7 Å². The summed E-state index contributed by atoms with van der Waals surface area (Å²) in [5.41, 5.74) is 7.35. The van der Waals surface area contributed by atoms with Crippen LogP contribution in [0.25, 0.3) is 10.8 Å². The number of carbonyl (C=O) groups excluding carboxylic acids is 2. The van der Waals surface area contributed by atoms with Gasteiger partial charge < -0.3 is 25.4 Å². The van der Waals surface area contributed by atoms with E-state index in [1.807, 2.05) is 6.07 Å². The number of hydrogen-bond acceptors (Lipinski definition) is 9. The van der Waals surface area contributed by atoms with E-state index in [-0.39, 0.29) is 30.2 Å². The number of aromatic nitrogens is 1. The number of nitrogens with two attached hydrogens (primary N) is 1. The number of carbonyl (C=O) groups is 2. The predicted molar refractivity (Wildman–Crippen MR) is 173 cm³/mol. The molecule has 1 fully saturated rings. The molecule has 5 rings (SSSR count). The van der Waals surface area contributed by atoms with Gasteiger partial charge in [0.25, 0.3) is 0 Å². The Morgan fingerprint density at radius 3 is 2.59 bits per heavy atom. The van der Waals surface area contributed by atoms with E-state index < -0.39 is 50.8 Å². The second kappa shape index (κ2) is 13.3. The van der Waals surface area contributed by atoms with Gasteiger partial charge in [-0.25, -0.2) is 17.8 Å². The molecule has 2 heterocycles.